The zero-order valence-corrected chi connectivity index (χ0v) is 6.41. The smallest absolute Gasteiger partial charge is 0.241 e. The Kier molecular flexibility index (Phi) is 4.13. The topological polar surface area (TPSA) is 26.0 Å². The van der Waals surface area contributed by atoms with Gasteiger partial charge in [0.25, 0.3) is 0 Å². The van der Waals surface area contributed by atoms with Crippen molar-refractivity contribution in [3.05, 3.63) is 0 Å². The summed E-state index contributed by atoms with van der Waals surface area (Å²) in [5.74, 6) is -0.417. The van der Waals surface area contributed by atoms with E-state index in [0.29, 0.717) is 12.8 Å². The number of rotatable bonds is 1. The maximum absolute atomic E-state index is 11.9. The lowest BCUT2D eigenvalue weighted by Gasteiger charge is -2.05. The van der Waals surface area contributed by atoms with E-state index < -0.39 is 12.3 Å². The summed E-state index contributed by atoms with van der Waals surface area (Å²) in [5.41, 5.74) is 5.43. The van der Waals surface area contributed by atoms with Crippen LogP contribution in [0, 0.1) is 5.92 Å². The third kappa shape index (κ3) is 2.39. The normalized spacial score (nSPS) is 32.4. The van der Waals surface area contributed by atoms with E-state index in [1.807, 2.05) is 0 Å². The number of nitrogens with two attached hydrogens (primary N) is 1. The fraction of sp³-hybridized carbons (Fsp3) is 1.00. The van der Waals surface area contributed by atoms with Crippen LogP contribution in [0.25, 0.3) is 0 Å². The molecule has 1 fully saturated rings. The molecule has 1 aliphatic rings. The predicted octanol–water partition coefficient (Wildman–Crippen LogP) is 1.80. The molecule has 1 saturated carbocycles. The average molecular weight is 172 g/mol. The molecule has 1 aliphatic carbocycles. The molecule has 0 saturated heterocycles. The lowest BCUT2D eigenvalue weighted by atomic mass is 10.1. The van der Waals surface area contributed by atoms with Crippen molar-refractivity contribution in [3.63, 3.8) is 0 Å². The standard InChI is InChI=1S/C6H11F2N.ClH/c7-6(8)4-1-2-5(9)3-4;/h4-6H,1-3,9H2;1H/t4-,5+;/m0./s1. The van der Waals surface area contributed by atoms with Gasteiger partial charge in [0.2, 0.25) is 6.43 Å². The molecule has 0 bridgehead atoms. The van der Waals surface area contributed by atoms with Gasteiger partial charge in [0.05, 0.1) is 0 Å². The summed E-state index contributed by atoms with van der Waals surface area (Å²) < 4.78 is 23.7. The van der Waals surface area contributed by atoms with Crippen LogP contribution in [0.15, 0.2) is 0 Å². The van der Waals surface area contributed by atoms with Crippen molar-refractivity contribution in [1.82, 2.24) is 0 Å². The van der Waals surface area contributed by atoms with E-state index in [9.17, 15) is 8.78 Å². The van der Waals surface area contributed by atoms with Crippen molar-refractivity contribution >= 4 is 12.4 Å². The van der Waals surface area contributed by atoms with Gasteiger partial charge in [0.1, 0.15) is 0 Å². The van der Waals surface area contributed by atoms with Gasteiger partial charge in [-0.05, 0) is 19.3 Å². The van der Waals surface area contributed by atoms with E-state index in [-0.39, 0.29) is 18.4 Å². The molecule has 0 unspecified atom stereocenters. The molecule has 0 amide bonds. The molecule has 1 nitrogen and oxygen atoms in total. The van der Waals surface area contributed by atoms with Crippen molar-refractivity contribution in [1.29, 1.82) is 0 Å². The summed E-state index contributed by atoms with van der Waals surface area (Å²) in [6.07, 6.45) is -0.260. The van der Waals surface area contributed by atoms with Gasteiger partial charge in [-0.1, -0.05) is 0 Å². The van der Waals surface area contributed by atoms with Gasteiger partial charge in [-0.3, -0.25) is 0 Å². The highest BCUT2D eigenvalue weighted by Crippen LogP contribution is 2.28. The predicted molar refractivity (Wildman–Crippen MR) is 38.6 cm³/mol. The molecule has 2 N–H and O–H groups in total. The van der Waals surface area contributed by atoms with E-state index >= 15 is 0 Å². The summed E-state index contributed by atoms with van der Waals surface area (Å²) in [6.45, 7) is 0. The van der Waals surface area contributed by atoms with Crippen LogP contribution in [0.4, 0.5) is 8.78 Å². The Hall–Kier alpha value is 0.110. The van der Waals surface area contributed by atoms with Gasteiger partial charge < -0.3 is 5.73 Å². The lowest BCUT2D eigenvalue weighted by Crippen LogP contribution is -2.16. The molecule has 0 aromatic rings. The highest BCUT2D eigenvalue weighted by molar-refractivity contribution is 5.85. The SMILES string of the molecule is Cl.N[C@@H]1CC[C@H](C(F)F)C1. The fourth-order valence-electron chi connectivity index (χ4n) is 1.28. The molecule has 0 aliphatic heterocycles. The molecule has 0 aromatic carbocycles. The van der Waals surface area contributed by atoms with Crippen molar-refractivity contribution in [2.45, 2.75) is 31.7 Å². The summed E-state index contributed by atoms with van der Waals surface area (Å²) in [7, 11) is 0. The maximum atomic E-state index is 11.9. The first-order chi connectivity index (χ1) is 4.20. The zero-order valence-electron chi connectivity index (χ0n) is 5.59. The number of alkyl halides is 2. The number of hydrogen-bond donors (Lipinski definition) is 1. The van der Waals surface area contributed by atoms with Crippen molar-refractivity contribution in [3.8, 4) is 0 Å². The summed E-state index contributed by atoms with van der Waals surface area (Å²) in [6, 6.07) is 0.0315. The average Bonchev–Trinajstić information content (AvgIpc) is 2.14. The monoisotopic (exact) mass is 171 g/mol. The maximum Gasteiger partial charge on any atom is 0.241 e. The van der Waals surface area contributed by atoms with Gasteiger partial charge in [0.15, 0.2) is 0 Å². The third-order valence-corrected chi connectivity index (χ3v) is 1.87. The molecule has 62 valence electrons. The number of halogens is 3. The molecule has 0 aromatic heterocycles. The van der Waals surface area contributed by atoms with Crippen molar-refractivity contribution in [2.24, 2.45) is 11.7 Å². The van der Waals surface area contributed by atoms with Crippen LogP contribution in [0.1, 0.15) is 19.3 Å². The third-order valence-electron chi connectivity index (χ3n) is 1.87. The first-order valence-electron chi connectivity index (χ1n) is 3.24. The van der Waals surface area contributed by atoms with Crippen LogP contribution in [-0.2, 0) is 0 Å². The van der Waals surface area contributed by atoms with Crippen LogP contribution in [0.3, 0.4) is 0 Å². The van der Waals surface area contributed by atoms with E-state index in [4.69, 9.17) is 5.73 Å². The lowest BCUT2D eigenvalue weighted by molar-refractivity contribution is 0.0800. The molecule has 0 heterocycles. The molecular formula is C6H12ClF2N. The first-order valence-corrected chi connectivity index (χ1v) is 3.24. The number of hydrogen-bond acceptors (Lipinski definition) is 1. The van der Waals surface area contributed by atoms with E-state index in [1.54, 1.807) is 0 Å². The molecule has 4 heteroatoms. The summed E-state index contributed by atoms with van der Waals surface area (Å²) in [5, 5.41) is 0. The molecule has 0 radical (unpaired) electrons. The highest BCUT2D eigenvalue weighted by atomic mass is 35.5. The van der Waals surface area contributed by atoms with Gasteiger partial charge in [-0.2, -0.15) is 0 Å². The Morgan fingerprint density at radius 1 is 1.30 bits per heavy atom. The Labute approximate surface area is 65.4 Å². The minimum absolute atomic E-state index is 0. The highest BCUT2D eigenvalue weighted by Gasteiger charge is 2.28. The Balaban J connectivity index is 0.000000810. The van der Waals surface area contributed by atoms with Crippen LogP contribution >= 0.6 is 12.4 Å². The van der Waals surface area contributed by atoms with E-state index in [1.165, 1.54) is 0 Å². The zero-order chi connectivity index (χ0) is 6.85. The minimum Gasteiger partial charge on any atom is -0.328 e. The second-order valence-corrected chi connectivity index (χ2v) is 2.67. The minimum atomic E-state index is -2.15. The second-order valence-electron chi connectivity index (χ2n) is 2.67. The van der Waals surface area contributed by atoms with E-state index in [0.717, 1.165) is 6.42 Å². The Bertz CT molecular complexity index is 99.7. The fourth-order valence-corrected chi connectivity index (χ4v) is 1.28. The van der Waals surface area contributed by atoms with Crippen molar-refractivity contribution in [2.75, 3.05) is 0 Å². The van der Waals surface area contributed by atoms with Crippen LogP contribution in [0.5, 0.6) is 0 Å². The molecular weight excluding hydrogens is 160 g/mol. The van der Waals surface area contributed by atoms with Crippen LogP contribution < -0.4 is 5.73 Å². The Morgan fingerprint density at radius 2 is 1.90 bits per heavy atom. The molecule has 1 rings (SSSR count). The largest absolute Gasteiger partial charge is 0.328 e. The molecule has 2 atom stereocenters. The van der Waals surface area contributed by atoms with Gasteiger partial charge in [-0.15, -0.1) is 12.4 Å². The van der Waals surface area contributed by atoms with Gasteiger partial charge >= 0.3 is 0 Å². The summed E-state index contributed by atoms with van der Waals surface area (Å²) in [4.78, 5) is 0. The van der Waals surface area contributed by atoms with Gasteiger partial charge in [0, 0.05) is 12.0 Å². The summed E-state index contributed by atoms with van der Waals surface area (Å²) >= 11 is 0. The van der Waals surface area contributed by atoms with Crippen LogP contribution in [-0.4, -0.2) is 12.5 Å². The van der Waals surface area contributed by atoms with Crippen molar-refractivity contribution < 1.29 is 8.78 Å². The Morgan fingerprint density at radius 3 is 2.10 bits per heavy atom. The van der Waals surface area contributed by atoms with E-state index in [2.05, 4.69) is 0 Å². The van der Waals surface area contributed by atoms with Gasteiger partial charge in [-0.25, -0.2) is 8.78 Å². The van der Waals surface area contributed by atoms with Crippen LogP contribution in [0.2, 0.25) is 0 Å². The quantitative estimate of drug-likeness (QED) is 0.640. The second kappa shape index (κ2) is 4.09. The molecule has 0 spiro atoms. The first kappa shape index (κ1) is 10.1. The molecule has 10 heavy (non-hydrogen) atoms.